The number of nitrogens with zero attached hydrogens (tertiary/aromatic N) is 3. The van der Waals surface area contributed by atoms with E-state index in [2.05, 4.69) is 25.9 Å². The van der Waals surface area contributed by atoms with Gasteiger partial charge in [0.1, 0.15) is 5.56 Å². The van der Waals surface area contributed by atoms with Crippen molar-refractivity contribution in [2.75, 3.05) is 5.32 Å². The van der Waals surface area contributed by atoms with Gasteiger partial charge in [-0.3, -0.25) is 4.79 Å². The van der Waals surface area contributed by atoms with E-state index >= 15 is 0 Å². The second kappa shape index (κ2) is 4.80. The highest BCUT2D eigenvalue weighted by molar-refractivity contribution is 6.34. The molecule has 9 heteroatoms. The summed E-state index contributed by atoms with van der Waals surface area (Å²) < 4.78 is 0. The van der Waals surface area contributed by atoms with Gasteiger partial charge >= 0.3 is 5.97 Å². The topological polar surface area (TPSA) is 121 Å². The van der Waals surface area contributed by atoms with Gasteiger partial charge in [-0.25, -0.2) is 4.79 Å². The smallest absolute Gasteiger partial charge is 0.339 e. The van der Waals surface area contributed by atoms with Crippen LogP contribution in [0.2, 0.25) is 5.02 Å². The monoisotopic (exact) mass is 267 g/mol. The van der Waals surface area contributed by atoms with Crippen LogP contribution in [0.1, 0.15) is 21.0 Å². The van der Waals surface area contributed by atoms with Crippen molar-refractivity contribution < 1.29 is 14.7 Å². The molecule has 0 bridgehead atoms. The molecule has 2 rings (SSSR count). The van der Waals surface area contributed by atoms with E-state index in [9.17, 15) is 9.59 Å². The average Bonchev–Trinajstić information content (AvgIpc) is 2.81. The number of carbonyl (C=O) groups excluding carboxylic acids is 1. The number of nitrogens with one attached hydrogen (secondary N) is 2. The second-order valence-electron chi connectivity index (χ2n) is 3.16. The van der Waals surface area contributed by atoms with Crippen molar-refractivity contribution in [2.45, 2.75) is 0 Å². The number of aromatic carboxylic acids is 1. The summed E-state index contributed by atoms with van der Waals surface area (Å²) >= 11 is 5.75. The molecule has 8 nitrogen and oxygen atoms in total. The van der Waals surface area contributed by atoms with Crippen molar-refractivity contribution in [1.82, 2.24) is 20.6 Å². The number of carbonyl (C=O) groups is 2. The van der Waals surface area contributed by atoms with Crippen LogP contribution in [0.15, 0.2) is 18.2 Å². The van der Waals surface area contributed by atoms with Gasteiger partial charge in [0.2, 0.25) is 0 Å². The van der Waals surface area contributed by atoms with E-state index < -0.39 is 11.9 Å². The average molecular weight is 268 g/mol. The summed E-state index contributed by atoms with van der Waals surface area (Å²) in [5, 5.41) is 23.6. The van der Waals surface area contributed by atoms with Gasteiger partial charge in [-0.1, -0.05) is 17.7 Å². The molecule has 0 unspecified atom stereocenters. The van der Waals surface area contributed by atoms with Crippen molar-refractivity contribution in [3.8, 4) is 0 Å². The minimum Gasteiger partial charge on any atom is -0.478 e. The fourth-order valence-corrected chi connectivity index (χ4v) is 1.54. The number of halogens is 1. The SMILES string of the molecule is O=C(Nc1cccc(Cl)c1C(=O)O)c1nn[nH]n1. The van der Waals surface area contributed by atoms with Crippen LogP contribution in [-0.2, 0) is 0 Å². The third-order valence-corrected chi connectivity index (χ3v) is 2.34. The number of anilines is 1. The Labute approximate surface area is 105 Å². The summed E-state index contributed by atoms with van der Waals surface area (Å²) in [5.41, 5.74) is -0.138. The first-order chi connectivity index (χ1) is 8.59. The maximum Gasteiger partial charge on any atom is 0.339 e. The molecular weight excluding hydrogens is 262 g/mol. The van der Waals surface area contributed by atoms with E-state index in [-0.39, 0.29) is 22.1 Å². The number of hydrogen-bond donors (Lipinski definition) is 3. The Morgan fingerprint density at radius 2 is 2.17 bits per heavy atom. The summed E-state index contributed by atoms with van der Waals surface area (Å²) in [7, 11) is 0. The standard InChI is InChI=1S/C9H6ClN5O3/c10-4-2-1-3-5(6(4)9(17)18)11-8(16)7-12-14-15-13-7/h1-3H,(H,11,16)(H,17,18)(H,12,13,14,15). The highest BCUT2D eigenvalue weighted by atomic mass is 35.5. The van der Waals surface area contributed by atoms with E-state index in [0.717, 1.165) is 0 Å². The van der Waals surface area contributed by atoms with Gasteiger partial charge in [-0.05, 0) is 17.3 Å². The molecule has 0 radical (unpaired) electrons. The molecule has 1 heterocycles. The van der Waals surface area contributed by atoms with Crippen molar-refractivity contribution in [1.29, 1.82) is 0 Å². The molecule has 0 aliphatic heterocycles. The zero-order chi connectivity index (χ0) is 13.1. The highest BCUT2D eigenvalue weighted by Gasteiger charge is 2.18. The summed E-state index contributed by atoms with van der Waals surface area (Å²) in [5.74, 6) is -2.14. The molecule has 0 saturated heterocycles. The molecule has 0 atom stereocenters. The number of carboxylic acids is 1. The largest absolute Gasteiger partial charge is 0.478 e. The van der Waals surface area contributed by atoms with E-state index in [0.29, 0.717) is 0 Å². The van der Waals surface area contributed by atoms with Crippen LogP contribution < -0.4 is 5.32 Å². The van der Waals surface area contributed by atoms with Gasteiger partial charge in [0, 0.05) is 0 Å². The Bertz CT molecular complexity index is 598. The lowest BCUT2D eigenvalue weighted by Crippen LogP contribution is -2.16. The van der Waals surface area contributed by atoms with Gasteiger partial charge in [0.15, 0.2) is 0 Å². The number of rotatable bonds is 3. The summed E-state index contributed by atoms with van der Waals surface area (Å²) in [6.45, 7) is 0. The minimum atomic E-state index is -1.25. The lowest BCUT2D eigenvalue weighted by Gasteiger charge is -2.07. The zero-order valence-corrected chi connectivity index (χ0v) is 9.47. The quantitative estimate of drug-likeness (QED) is 0.756. The number of benzene rings is 1. The molecule has 1 aromatic heterocycles. The number of amides is 1. The van der Waals surface area contributed by atoms with Gasteiger partial charge in [-0.15, -0.1) is 10.2 Å². The normalized spacial score (nSPS) is 10.1. The first kappa shape index (κ1) is 12.0. The number of aromatic amines is 1. The van der Waals surface area contributed by atoms with Crippen LogP contribution in [0.4, 0.5) is 5.69 Å². The summed E-state index contributed by atoms with van der Waals surface area (Å²) in [4.78, 5) is 22.7. The van der Waals surface area contributed by atoms with Crippen molar-refractivity contribution in [3.05, 3.63) is 34.6 Å². The van der Waals surface area contributed by atoms with Gasteiger partial charge in [0.25, 0.3) is 11.7 Å². The zero-order valence-electron chi connectivity index (χ0n) is 8.72. The van der Waals surface area contributed by atoms with E-state index in [4.69, 9.17) is 16.7 Å². The number of carboxylic acid groups (broad SMARTS) is 1. The van der Waals surface area contributed by atoms with Crippen molar-refractivity contribution in [2.24, 2.45) is 0 Å². The maximum absolute atomic E-state index is 11.6. The highest BCUT2D eigenvalue weighted by Crippen LogP contribution is 2.24. The number of hydrogen-bond acceptors (Lipinski definition) is 5. The first-order valence-electron chi connectivity index (χ1n) is 4.66. The molecule has 18 heavy (non-hydrogen) atoms. The predicted octanol–water partition coefficient (Wildman–Crippen LogP) is 0.804. The summed E-state index contributed by atoms with van der Waals surface area (Å²) in [6, 6.07) is 4.34. The molecule has 3 N–H and O–H groups in total. The molecule has 0 spiro atoms. The Kier molecular flexibility index (Phi) is 3.20. The van der Waals surface area contributed by atoms with Crippen molar-refractivity contribution in [3.63, 3.8) is 0 Å². The molecular formula is C9H6ClN5O3. The Morgan fingerprint density at radius 1 is 1.39 bits per heavy atom. The van der Waals surface area contributed by atoms with E-state index in [1.165, 1.54) is 18.2 Å². The van der Waals surface area contributed by atoms with Crippen LogP contribution in [-0.4, -0.2) is 37.6 Å². The van der Waals surface area contributed by atoms with Crippen LogP contribution in [0.5, 0.6) is 0 Å². The minimum absolute atomic E-state index is 0.0217. The van der Waals surface area contributed by atoms with Gasteiger partial charge < -0.3 is 10.4 Å². The fraction of sp³-hybridized carbons (Fsp3) is 0. The number of H-pyrrole nitrogens is 1. The number of aromatic nitrogens is 4. The maximum atomic E-state index is 11.6. The third kappa shape index (κ3) is 2.28. The van der Waals surface area contributed by atoms with Crippen LogP contribution in [0.3, 0.4) is 0 Å². The molecule has 1 aromatic carbocycles. The molecule has 1 amide bonds. The Morgan fingerprint density at radius 3 is 2.78 bits per heavy atom. The lowest BCUT2D eigenvalue weighted by atomic mass is 10.1. The van der Waals surface area contributed by atoms with Crippen molar-refractivity contribution >= 4 is 29.2 Å². The van der Waals surface area contributed by atoms with Gasteiger partial charge in [0.05, 0.1) is 10.7 Å². The third-order valence-electron chi connectivity index (χ3n) is 2.02. The first-order valence-corrected chi connectivity index (χ1v) is 5.04. The molecule has 0 saturated carbocycles. The van der Waals surface area contributed by atoms with Crippen LogP contribution >= 0.6 is 11.6 Å². The lowest BCUT2D eigenvalue weighted by molar-refractivity contribution is 0.0698. The molecule has 2 aromatic rings. The molecule has 0 fully saturated rings. The predicted molar refractivity (Wildman–Crippen MR) is 60.5 cm³/mol. The fourth-order valence-electron chi connectivity index (χ4n) is 1.28. The Balaban J connectivity index is 2.32. The van der Waals surface area contributed by atoms with Crippen LogP contribution in [0.25, 0.3) is 0 Å². The Hall–Kier alpha value is -2.48. The molecule has 0 aliphatic carbocycles. The molecule has 0 aliphatic rings. The molecule has 92 valence electrons. The summed E-state index contributed by atoms with van der Waals surface area (Å²) in [6.07, 6.45) is 0. The van der Waals surface area contributed by atoms with Gasteiger partial charge in [-0.2, -0.15) is 5.21 Å². The van der Waals surface area contributed by atoms with E-state index in [1.807, 2.05) is 0 Å². The second-order valence-corrected chi connectivity index (χ2v) is 3.56. The number of tetrazole rings is 1. The van der Waals surface area contributed by atoms with Crippen LogP contribution in [0, 0.1) is 0 Å². The van der Waals surface area contributed by atoms with E-state index in [1.54, 1.807) is 0 Å².